The van der Waals surface area contributed by atoms with Crippen molar-refractivity contribution >= 4 is 10.0 Å². The average molecular weight is 317 g/mol. The molecule has 1 aromatic rings. The maximum atomic E-state index is 12.9. The van der Waals surface area contributed by atoms with Crippen molar-refractivity contribution in [1.82, 2.24) is 4.31 Å². The quantitative estimate of drug-likeness (QED) is 0.786. The van der Waals surface area contributed by atoms with Crippen molar-refractivity contribution in [2.24, 2.45) is 5.92 Å². The van der Waals surface area contributed by atoms with Crippen molar-refractivity contribution < 1.29 is 22.7 Å². The van der Waals surface area contributed by atoms with Gasteiger partial charge >= 0.3 is 0 Å². The summed E-state index contributed by atoms with van der Waals surface area (Å²) in [5, 5.41) is 9.11. The van der Waals surface area contributed by atoms with Gasteiger partial charge in [0.15, 0.2) is 0 Å². The number of aliphatic hydroxyl groups excluding tert-OH is 1. The third-order valence-electron chi connectivity index (χ3n) is 3.94. The van der Waals surface area contributed by atoms with Crippen LogP contribution < -0.4 is 0 Å². The molecule has 1 fully saturated rings. The molecule has 0 aromatic carbocycles. The summed E-state index contributed by atoms with van der Waals surface area (Å²) in [5.74, 6) is 0.988. The minimum absolute atomic E-state index is 0.0583. The summed E-state index contributed by atoms with van der Waals surface area (Å²) >= 11 is 0. The summed E-state index contributed by atoms with van der Waals surface area (Å²) in [6.07, 6.45) is 2.12. The van der Waals surface area contributed by atoms with E-state index < -0.39 is 10.0 Å². The Morgan fingerprint density at radius 2 is 2.19 bits per heavy atom. The van der Waals surface area contributed by atoms with Gasteiger partial charge in [-0.25, -0.2) is 8.42 Å². The first-order valence-electron chi connectivity index (χ1n) is 7.12. The van der Waals surface area contributed by atoms with Crippen molar-refractivity contribution in [3.05, 3.63) is 17.6 Å². The van der Waals surface area contributed by atoms with Crippen molar-refractivity contribution in [2.75, 3.05) is 20.3 Å². The molecule has 1 aromatic heterocycles. The lowest BCUT2D eigenvalue weighted by Crippen LogP contribution is -2.42. The molecule has 1 aliphatic carbocycles. The van der Waals surface area contributed by atoms with E-state index in [-0.39, 0.29) is 23.3 Å². The second kappa shape index (κ2) is 6.48. The van der Waals surface area contributed by atoms with E-state index in [1.165, 1.54) is 10.4 Å². The summed E-state index contributed by atoms with van der Waals surface area (Å²) < 4.78 is 37.6. The number of sulfonamides is 1. The van der Waals surface area contributed by atoms with Gasteiger partial charge in [-0.3, -0.25) is 0 Å². The van der Waals surface area contributed by atoms with Gasteiger partial charge in [0.05, 0.1) is 6.61 Å². The Hall–Kier alpha value is -0.890. The summed E-state index contributed by atoms with van der Waals surface area (Å²) in [6.45, 7) is 3.89. The van der Waals surface area contributed by atoms with E-state index in [0.717, 1.165) is 12.8 Å². The maximum absolute atomic E-state index is 12.9. The number of aryl methyl sites for hydroxylation is 1. The van der Waals surface area contributed by atoms with Gasteiger partial charge in [-0.15, -0.1) is 0 Å². The molecule has 1 saturated carbocycles. The highest BCUT2D eigenvalue weighted by Gasteiger charge is 2.39. The fourth-order valence-corrected chi connectivity index (χ4v) is 4.39. The Labute approximate surface area is 125 Å². The third kappa shape index (κ3) is 3.48. The predicted molar refractivity (Wildman–Crippen MR) is 77.3 cm³/mol. The van der Waals surface area contributed by atoms with E-state index >= 15 is 0 Å². The third-order valence-corrected chi connectivity index (χ3v) is 6.03. The van der Waals surface area contributed by atoms with E-state index in [0.29, 0.717) is 24.8 Å². The molecule has 7 heteroatoms. The Bertz CT molecular complexity index is 576. The molecule has 2 rings (SSSR count). The van der Waals surface area contributed by atoms with Crippen LogP contribution in [-0.2, 0) is 21.4 Å². The van der Waals surface area contributed by atoms with Gasteiger partial charge in [-0.05, 0) is 32.6 Å². The molecule has 0 spiro atoms. The minimum atomic E-state index is -3.65. The van der Waals surface area contributed by atoms with Crippen LogP contribution in [0.1, 0.15) is 31.3 Å². The first-order chi connectivity index (χ1) is 9.91. The van der Waals surface area contributed by atoms with Crippen molar-refractivity contribution in [3.8, 4) is 0 Å². The van der Waals surface area contributed by atoms with E-state index in [4.69, 9.17) is 14.3 Å². The molecule has 0 radical (unpaired) electrons. The van der Waals surface area contributed by atoms with Gasteiger partial charge in [0.1, 0.15) is 23.0 Å². The number of nitrogens with zero attached hydrogens (tertiary/aromatic N) is 1. The van der Waals surface area contributed by atoms with Crippen LogP contribution in [0.4, 0.5) is 0 Å². The molecule has 0 bridgehead atoms. The normalized spacial score (nSPS) is 17.4. The van der Waals surface area contributed by atoms with Crippen molar-refractivity contribution in [1.29, 1.82) is 0 Å². The topological polar surface area (TPSA) is 80.0 Å². The fourth-order valence-electron chi connectivity index (χ4n) is 2.52. The molecule has 1 atom stereocenters. The summed E-state index contributed by atoms with van der Waals surface area (Å²) in [6, 6.07) is 1.35. The number of methoxy groups -OCH3 is 1. The van der Waals surface area contributed by atoms with Crippen LogP contribution in [0, 0.1) is 12.8 Å². The maximum Gasteiger partial charge on any atom is 0.246 e. The monoisotopic (exact) mass is 317 g/mol. The van der Waals surface area contributed by atoms with Gasteiger partial charge in [0.2, 0.25) is 10.0 Å². The summed E-state index contributed by atoms with van der Waals surface area (Å²) in [7, 11) is -2.09. The Morgan fingerprint density at radius 3 is 2.67 bits per heavy atom. The standard InChI is InChI=1S/C14H23NO5S/c1-10(12-4-5-12)15(6-7-19-3)21(17,18)14-8-13(9-16)20-11(14)2/h8,10,12,16H,4-7,9H2,1-3H3. The summed E-state index contributed by atoms with van der Waals surface area (Å²) in [4.78, 5) is 0.134. The van der Waals surface area contributed by atoms with Crippen LogP contribution in [-0.4, -0.2) is 44.1 Å². The second-order valence-electron chi connectivity index (χ2n) is 5.48. The van der Waals surface area contributed by atoms with Crippen LogP contribution in [0.5, 0.6) is 0 Å². The molecule has 120 valence electrons. The summed E-state index contributed by atoms with van der Waals surface area (Å²) in [5.41, 5.74) is 0. The first-order valence-corrected chi connectivity index (χ1v) is 8.56. The molecule has 1 aliphatic rings. The highest BCUT2D eigenvalue weighted by Crippen LogP contribution is 2.37. The lowest BCUT2D eigenvalue weighted by Gasteiger charge is -2.28. The second-order valence-corrected chi connectivity index (χ2v) is 7.34. The van der Waals surface area contributed by atoms with Gasteiger partial charge in [-0.1, -0.05) is 0 Å². The first kappa shape index (κ1) is 16.5. The number of rotatable bonds is 8. The molecule has 0 saturated heterocycles. The molecule has 0 aliphatic heterocycles. The molecular formula is C14H23NO5S. The largest absolute Gasteiger partial charge is 0.462 e. The number of aliphatic hydroxyl groups is 1. The van der Waals surface area contributed by atoms with E-state index in [9.17, 15) is 8.42 Å². The zero-order chi connectivity index (χ0) is 15.6. The number of furan rings is 1. The zero-order valence-electron chi connectivity index (χ0n) is 12.7. The average Bonchev–Trinajstić information content (AvgIpc) is 3.21. The Morgan fingerprint density at radius 1 is 1.52 bits per heavy atom. The minimum Gasteiger partial charge on any atom is -0.462 e. The highest BCUT2D eigenvalue weighted by molar-refractivity contribution is 7.89. The van der Waals surface area contributed by atoms with Gasteiger partial charge < -0.3 is 14.3 Å². The van der Waals surface area contributed by atoms with Crippen molar-refractivity contribution in [2.45, 2.75) is 44.2 Å². The lowest BCUT2D eigenvalue weighted by atomic mass is 10.2. The van der Waals surface area contributed by atoms with Crippen LogP contribution in [0.2, 0.25) is 0 Å². The Kier molecular flexibility index (Phi) is 5.08. The number of ether oxygens (including phenoxy) is 1. The molecule has 21 heavy (non-hydrogen) atoms. The molecule has 1 unspecified atom stereocenters. The van der Waals surface area contributed by atoms with Crippen molar-refractivity contribution in [3.63, 3.8) is 0 Å². The smallest absolute Gasteiger partial charge is 0.246 e. The molecule has 6 nitrogen and oxygen atoms in total. The van der Waals surface area contributed by atoms with Crippen LogP contribution >= 0.6 is 0 Å². The Balaban J connectivity index is 2.32. The number of hydrogen-bond acceptors (Lipinski definition) is 5. The molecular weight excluding hydrogens is 294 g/mol. The number of hydrogen-bond donors (Lipinski definition) is 1. The lowest BCUT2D eigenvalue weighted by molar-refractivity contribution is 0.164. The molecule has 1 heterocycles. The van der Waals surface area contributed by atoms with Gasteiger partial charge in [0.25, 0.3) is 0 Å². The zero-order valence-corrected chi connectivity index (χ0v) is 13.5. The predicted octanol–water partition coefficient (Wildman–Crippen LogP) is 1.52. The van der Waals surface area contributed by atoms with E-state index in [1.807, 2.05) is 6.92 Å². The van der Waals surface area contributed by atoms with E-state index in [1.54, 1.807) is 14.0 Å². The fraction of sp³-hybridized carbons (Fsp3) is 0.714. The van der Waals surface area contributed by atoms with Gasteiger partial charge in [-0.2, -0.15) is 4.31 Å². The van der Waals surface area contributed by atoms with Crippen LogP contribution in [0.3, 0.4) is 0 Å². The highest BCUT2D eigenvalue weighted by atomic mass is 32.2. The van der Waals surface area contributed by atoms with E-state index in [2.05, 4.69) is 0 Å². The molecule has 0 amide bonds. The SMILES string of the molecule is COCCN(C(C)C1CC1)S(=O)(=O)c1cc(CO)oc1C. The van der Waals surface area contributed by atoms with Gasteiger partial charge in [0, 0.05) is 25.8 Å². The van der Waals surface area contributed by atoms with Crippen LogP contribution in [0.15, 0.2) is 15.4 Å². The molecule has 1 N–H and O–H groups in total. The van der Waals surface area contributed by atoms with Crippen LogP contribution in [0.25, 0.3) is 0 Å².